The Morgan fingerprint density at radius 1 is 1.26 bits per heavy atom. The second-order valence-electron chi connectivity index (χ2n) is 5.70. The fraction of sp³-hybridized carbons (Fsp3) is 0.625. The first-order valence-electron chi connectivity index (χ1n) is 7.19. The Morgan fingerprint density at radius 2 is 1.89 bits per heavy atom. The molecular formula is C16H25NO2. The molecule has 0 radical (unpaired) electrons. The van der Waals surface area contributed by atoms with E-state index >= 15 is 0 Å². The SMILES string of the molecule is COc1ccc(C(C)CNC2(CO)CCCC2)cc1. The fourth-order valence-corrected chi connectivity index (χ4v) is 2.86. The molecule has 0 spiro atoms. The number of nitrogens with one attached hydrogen (secondary N) is 1. The van der Waals surface area contributed by atoms with Crippen molar-refractivity contribution in [2.45, 2.75) is 44.1 Å². The van der Waals surface area contributed by atoms with Crippen LogP contribution in [0.3, 0.4) is 0 Å². The maximum absolute atomic E-state index is 9.59. The predicted molar refractivity (Wildman–Crippen MR) is 77.7 cm³/mol. The van der Waals surface area contributed by atoms with Crippen LogP contribution in [0.1, 0.15) is 44.1 Å². The van der Waals surface area contributed by atoms with Crippen LogP contribution in [-0.4, -0.2) is 30.9 Å². The first-order valence-corrected chi connectivity index (χ1v) is 7.19. The van der Waals surface area contributed by atoms with Crippen molar-refractivity contribution in [2.24, 2.45) is 0 Å². The summed E-state index contributed by atoms with van der Waals surface area (Å²) in [7, 11) is 1.69. The highest BCUT2D eigenvalue weighted by atomic mass is 16.5. The van der Waals surface area contributed by atoms with Gasteiger partial charge >= 0.3 is 0 Å². The second kappa shape index (κ2) is 6.40. The van der Waals surface area contributed by atoms with Crippen molar-refractivity contribution in [1.82, 2.24) is 5.32 Å². The van der Waals surface area contributed by atoms with Crippen molar-refractivity contribution in [3.05, 3.63) is 29.8 Å². The Bertz CT molecular complexity index is 382. The van der Waals surface area contributed by atoms with Gasteiger partial charge in [-0.15, -0.1) is 0 Å². The zero-order valence-corrected chi connectivity index (χ0v) is 12.0. The van der Waals surface area contributed by atoms with Gasteiger partial charge in [0.1, 0.15) is 5.75 Å². The highest BCUT2D eigenvalue weighted by Gasteiger charge is 2.32. The topological polar surface area (TPSA) is 41.5 Å². The maximum Gasteiger partial charge on any atom is 0.118 e. The van der Waals surface area contributed by atoms with Crippen LogP contribution in [0, 0.1) is 0 Å². The number of rotatable bonds is 6. The largest absolute Gasteiger partial charge is 0.497 e. The summed E-state index contributed by atoms with van der Waals surface area (Å²) in [6.07, 6.45) is 4.65. The van der Waals surface area contributed by atoms with Gasteiger partial charge in [0.05, 0.1) is 13.7 Å². The third kappa shape index (κ3) is 3.48. The molecule has 1 aliphatic rings. The van der Waals surface area contributed by atoms with Crippen LogP contribution in [0.15, 0.2) is 24.3 Å². The lowest BCUT2D eigenvalue weighted by Gasteiger charge is -2.30. The van der Waals surface area contributed by atoms with E-state index in [2.05, 4.69) is 24.4 Å². The smallest absolute Gasteiger partial charge is 0.118 e. The van der Waals surface area contributed by atoms with Crippen LogP contribution in [0.5, 0.6) is 5.75 Å². The van der Waals surface area contributed by atoms with Crippen LogP contribution >= 0.6 is 0 Å². The lowest BCUT2D eigenvalue weighted by Crippen LogP contribution is -2.47. The molecule has 1 aromatic carbocycles. The molecule has 2 rings (SSSR count). The highest BCUT2D eigenvalue weighted by molar-refractivity contribution is 5.29. The van der Waals surface area contributed by atoms with Crippen molar-refractivity contribution in [3.63, 3.8) is 0 Å². The normalized spacial score (nSPS) is 19.3. The molecule has 2 N–H and O–H groups in total. The summed E-state index contributed by atoms with van der Waals surface area (Å²) in [5.74, 6) is 1.33. The molecule has 0 amide bonds. The molecule has 0 bridgehead atoms. The van der Waals surface area contributed by atoms with Crippen molar-refractivity contribution < 1.29 is 9.84 Å². The summed E-state index contributed by atoms with van der Waals surface area (Å²) >= 11 is 0. The molecule has 19 heavy (non-hydrogen) atoms. The van der Waals surface area contributed by atoms with Gasteiger partial charge in [-0.05, 0) is 36.5 Å². The molecule has 1 aromatic rings. The number of hydrogen-bond acceptors (Lipinski definition) is 3. The summed E-state index contributed by atoms with van der Waals surface area (Å²) < 4.78 is 5.17. The van der Waals surface area contributed by atoms with E-state index in [-0.39, 0.29) is 12.1 Å². The monoisotopic (exact) mass is 263 g/mol. The van der Waals surface area contributed by atoms with Gasteiger partial charge in [-0.1, -0.05) is 31.9 Å². The van der Waals surface area contributed by atoms with Gasteiger partial charge in [-0.2, -0.15) is 0 Å². The molecule has 1 atom stereocenters. The van der Waals surface area contributed by atoms with Crippen molar-refractivity contribution in [1.29, 1.82) is 0 Å². The van der Waals surface area contributed by atoms with Crippen molar-refractivity contribution in [2.75, 3.05) is 20.3 Å². The molecule has 0 aliphatic heterocycles. The molecule has 3 heteroatoms. The summed E-state index contributed by atoms with van der Waals surface area (Å²) in [5.41, 5.74) is 1.28. The average molecular weight is 263 g/mol. The summed E-state index contributed by atoms with van der Waals surface area (Å²) in [6.45, 7) is 3.38. The van der Waals surface area contributed by atoms with Crippen LogP contribution in [0.2, 0.25) is 0 Å². The third-order valence-electron chi connectivity index (χ3n) is 4.33. The predicted octanol–water partition coefficient (Wildman–Crippen LogP) is 2.69. The second-order valence-corrected chi connectivity index (χ2v) is 5.70. The number of aliphatic hydroxyl groups is 1. The van der Waals surface area contributed by atoms with Gasteiger partial charge in [-0.3, -0.25) is 0 Å². The number of hydrogen-bond donors (Lipinski definition) is 2. The van der Waals surface area contributed by atoms with E-state index in [1.165, 1.54) is 18.4 Å². The molecule has 1 unspecified atom stereocenters. The van der Waals surface area contributed by atoms with Gasteiger partial charge < -0.3 is 15.2 Å². The minimum atomic E-state index is -0.0271. The first kappa shape index (κ1) is 14.4. The number of methoxy groups -OCH3 is 1. The Kier molecular flexibility index (Phi) is 4.83. The van der Waals surface area contributed by atoms with Crippen molar-refractivity contribution in [3.8, 4) is 5.75 Å². The lowest BCUT2D eigenvalue weighted by molar-refractivity contribution is 0.163. The summed E-state index contributed by atoms with van der Waals surface area (Å²) in [6, 6.07) is 8.24. The van der Waals surface area contributed by atoms with Crippen molar-refractivity contribution >= 4 is 0 Å². The van der Waals surface area contributed by atoms with Gasteiger partial charge in [0.15, 0.2) is 0 Å². The molecular weight excluding hydrogens is 238 g/mol. The Balaban J connectivity index is 1.91. The highest BCUT2D eigenvalue weighted by Crippen LogP contribution is 2.30. The molecule has 3 nitrogen and oxygen atoms in total. The van der Waals surface area contributed by atoms with E-state index < -0.39 is 0 Å². The zero-order valence-electron chi connectivity index (χ0n) is 12.0. The molecule has 0 aromatic heterocycles. The van der Waals surface area contributed by atoms with Gasteiger partial charge in [-0.25, -0.2) is 0 Å². The van der Waals surface area contributed by atoms with E-state index in [0.29, 0.717) is 5.92 Å². The molecule has 0 saturated heterocycles. The molecule has 106 valence electrons. The lowest BCUT2D eigenvalue weighted by atomic mass is 9.95. The fourth-order valence-electron chi connectivity index (χ4n) is 2.86. The molecule has 1 saturated carbocycles. The van der Waals surface area contributed by atoms with Gasteiger partial charge in [0.2, 0.25) is 0 Å². The zero-order chi connectivity index (χ0) is 13.7. The Labute approximate surface area is 116 Å². The standard InChI is InChI=1S/C16H25NO2/c1-13(14-5-7-15(19-2)8-6-14)11-17-16(12-18)9-3-4-10-16/h5-8,13,17-18H,3-4,9-12H2,1-2H3. The minimum absolute atomic E-state index is 0.0271. The summed E-state index contributed by atoms with van der Waals surface area (Å²) in [4.78, 5) is 0. The van der Waals surface area contributed by atoms with E-state index in [1.807, 2.05) is 12.1 Å². The van der Waals surface area contributed by atoms with E-state index in [1.54, 1.807) is 7.11 Å². The molecule has 0 heterocycles. The third-order valence-corrected chi connectivity index (χ3v) is 4.33. The number of benzene rings is 1. The maximum atomic E-state index is 9.59. The van der Waals surface area contributed by atoms with Crippen LogP contribution in [-0.2, 0) is 0 Å². The van der Waals surface area contributed by atoms with E-state index in [9.17, 15) is 5.11 Å². The first-order chi connectivity index (χ1) is 9.19. The van der Waals surface area contributed by atoms with Gasteiger partial charge in [0, 0.05) is 12.1 Å². The van der Waals surface area contributed by atoms with Crippen LogP contribution in [0.25, 0.3) is 0 Å². The summed E-state index contributed by atoms with van der Waals surface area (Å²) in [5, 5.41) is 13.2. The van der Waals surface area contributed by atoms with Crippen LogP contribution in [0.4, 0.5) is 0 Å². The number of ether oxygens (including phenoxy) is 1. The Morgan fingerprint density at radius 3 is 2.42 bits per heavy atom. The van der Waals surface area contributed by atoms with Gasteiger partial charge in [0.25, 0.3) is 0 Å². The van der Waals surface area contributed by atoms with E-state index in [0.717, 1.165) is 25.1 Å². The Hall–Kier alpha value is -1.06. The quantitative estimate of drug-likeness (QED) is 0.829. The van der Waals surface area contributed by atoms with Crippen LogP contribution < -0.4 is 10.1 Å². The molecule has 1 aliphatic carbocycles. The average Bonchev–Trinajstić information content (AvgIpc) is 2.94. The van der Waals surface area contributed by atoms with E-state index in [4.69, 9.17) is 4.74 Å². The molecule has 1 fully saturated rings. The number of aliphatic hydroxyl groups excluding tert-OH is 1. The minimum Gasteiger partial charge on any atom is -0.497 e.